The molecule has 1 aliphatic heterocycles. The second-order valence-corrected chi connectivity index (χ2v) is 6.88. The summed E-state index contributed by atoms with van der Waals surface area (Å²) >= 11 is 0. The summed E-state index contributed by atoms with van der Waals surface area (Å²) in [5.74, 6) is 0.932. The number of imidazole rings is 1. The standard InChI is InChI=1S/C23H17N3O2/c27-26(28)18-12-10-17(11-13-18)21-15-14-19(16-6-2-1-3-7-16)23-24-20-8-4-5-9-22(20)25(21)23/h1-14,21H,15H2/t21-/m1/s1. The third kappa shape index (κ3) is 2.60. The van der Waals surface area contributed by atoms with Crippen LogP contribution in [0.4, 0.5) is 5.69 Å². The lowest BCUT2D eigenvalue weighted by atomic mass is 9.94. The molecule has 5 heteroatoms. The van der Waals surface area contributed by atoms with Gasteiger partial charge in [0.15, 0.2) is 0 Å². The number of fused-ring (bicyclic) bond motifs is 3. The molecule has 0 bridgehead atoms. The molecule has 28 heavy (non-hydrogen) atoms. The number of nitro groups is 1. The van der Waals surface area contributed by atoms with Crippen LogP contribution in [0.1, 0.15) is 29.4 Å². The molecule has 0 saturated carbocycles. The molecule has 2 heterocycles. The number of rotatable bonds is 3. The lowest BCUT2D eigenvalue weighted by Gasteiger charge is -2.26. The number of hydrogen-bond donors (Lipinski definition) is 0. The van der Waals surface area contributed by atoms with E-state index in [4.69, 9.17) is 4.98 Å². The Morgan fingerprint density at radius 3 is 2.39 bits per heavy atom. The third-order valence-electron chi connectivity index (χ3n) is 5.27. The molecule has 5 rings (SSSR count). The van der Waals surface area contributed by atoms with Crippen LogP contribution in [0.5, 0.6) is 0 Å². The maximum absolute atomic E-state index is 11.0. The molecular formula is C23H17N3O2. The fourth-order valence-electron chi connectivity index (χ4n) is 3.94. The number of non-ortho nitro benzene ring substituents is 1. The van der Waals surface area contributed by atoms with Crippen LogP contribution in [0.2, 0.25) is 0 Å². The van der Waals surface area contributed by atoms with Gasteiger partial charge in [-0.05, 0) is 29.7 Å². The van der Waals surface area contributed by atoms with Crippen molar-refractivity contribution in [2.75, 3.05) is 0 Å². The minimum atomic E-state index is -0.365. The molecule has 136 valence electrons. The van der Waals surface area contributed by atoms with E-state index < -0.39 is 0 Å². The van der Waals surface area contributed by atoms with Crippen molar-refractivity contribution in [1.82, 2.24) is 9.55 Å². The molecule has 1 aliphatic rings. The topological polar surface area (TPSA) is 61.0 Å². The Balaban J connectivity index is 1.69. The Morgan fingerprint density at radius 1 is 0.929 bits per heavy atom. The molecule has 0 fully saturated rings. The van der Waals surface area contributed by atoms with E-state index in [2.05, 4.69) is 28.8 Å². The first-order valence-corrected chi connectivity index (χ1v) is 9.19. The highest BCUT2D eigenvalue weighted by Gasteiger charge is 2.27. The minimum absolute atomic E-state index is 0.0515. The average Bonchev–Trinajstić information content (AvgIpc) is 3.13. The molecule has 0 unspecified atom stereocenters. The molecule has 0 aliphatic carbocycles. The van der Waals surface area contributed by atoms with Gasteiger partial charge in [-0.3, -0.25) is 10.1 Å². The molecule has 1 atom stereocenters. The molecule has 0 spiro atoms. The molecule has 4 aromatic rings. The van der Waals surface area contributed by atoms with E-state index in [-0.39, 0.29) is 16.7 Å². The van der Waals surface area contributed by atoms with Crippen molar-refractivity contribution in [2.45, 2.75) is 12.5 Å². The van der Waals surface area contributed by atoms with Crippen LogP contribution < -0.4 is 0 Å². The highest BCUT2D eigenvalue weighted by Crippen LogP contribution is 2.38. The highest BCUT2D eigenvalue weighted by atomic mass is 16.6. The first kappa shape index (κ1) is 16.4. The van der Waals surface area contributed by atoms with Crippen molar-refractivity contribution in [1.29, 1.82) is 0 Å². The van der Waals surface area contributed by atoms with E-state index in [9.17, 15) is 10.1 Å². The van der Waals surface area contributed by atoms with Crippen LogP contribution in [-0.2, 0) is 0 Å². The van der Waals surface area contributed by atoms with Gasteiger partial charge in [-0.2, -0.15) is 0 Å². The average molecular weight is 367 g/mol. The molecule has 0 radical (unpaired) electrons. The first-order valence-electron chi connectivity index (χ1n) is 9.19. The van der Waals surface area contributed by atoms with Gasteiger partial charge in [0.05, 0.1) is 22.0 Å². The summed E-state index contributed by atoms with van der Waals surface area (Å²) in [4.78, 5) is 15.6. The van der Waals surface area contributed by atoms with Gasteiger partial charge in [0.1, 0.15) is 5.82 Å². The van der Waals surface area contributed by atoms with Gasteiger partial charge >= 0.3 is 0 Å². The summed E-state index contributed by atoms with van der Waals surface area (Å²) in [6, 6.07) is 25.3. The van der Waals surface area contributed by atoms with E-state index in [1.54, 1.807) is 12.1 Å². The summed E-state index contributed by atoms with van der Waals surface area (Å²) in [6.07, 6.45) is 3.03. The summed E-state index contributed by atoms with van der Waals surface area (Å²) < 4.78 is 2.26. The Morgan fingerprint density at radius 2 is 1.64 bits per heavy atom. The van der Waals surface area contributed by atoms with Gasteiger partial charge in [0.25, 0.3) is 5.69 Å². The summed E-state index contributed by atoms with van der Waals surface area (Å²) in [7, 11) is 0. The molecule has 5 nitrogen and oxygen atoms in total. The van der Waals surface area contributed by atoms with Crippen LogP contribution in [0.3, 0.4) is 0 Å². The number of hydrogen-bond acceptors (Lipinski definition) is 3. The maximum Gasteiger partial charge on any atom is 0.269 e. The summed E-state index contributed by atoms with van der Waals surface area (Å²) in [6.45, 7) is 0. The number of nitro benzene ring substituents is 1. The molecule has 1 aromatic heterocycles. The van der Waals surface area contributed by atoms with Crippen LogP contribution in [0.25, 0.3) is 16.6 Å². The van der Waals surface area contributed by atoms with Gasteiger partial charge in [-0.1, -0.05) is 60.7 Å². The van der Waals surface area contributed by atoms with Gasteiger partial charge in [-0.15, -0.1) is 0 Å². The monoisotopic (exact) mass is 367 g/mol. The SMILES string of the molecule is O=[N+]([O-])c1ccc([C@H]2CC=C(c3ccccc3)c3nc4ccccc4n32)cc1. The van der Waals surface area contributed by atoms with Gasteiger partial charge in [0, 0.05) is 17.7 Å². The van der Waals surface area contributed by atoms with Gasteiger partial charge in [0.2, 0.25) is 0 Å². The van der Waals surface area contributed by atoms with Crippen molar-refractivity contribution in [3.05, 3.63) is 112 Å². The molecule has 0 amide bonds. The number of allylic oxidation sites excluding steroid dienone is 1. The van der Waals surface area contributed by atoms with Crippen LogP contribution in [0, 0.1) is 10.1 Å². The second-order valence-electron chi connectivity index (χ2n) is 6.88. The number of benzene rings is 3. The predicted octanol–water partition coefficient (Wildman–Crippen LogP) is 5.37. The maximum atomic E-state index is 11.0. The number of aromatic nitrogens is 2. The quantitative estimate of drug-likeness (QED) is 0.361. The normalized spacial score (nSPS) is 15.9. The fraction of sp³-hybridized carbons (Fsp3) is 0.0870. The lowest BCUT2D eigenvalue weighted by molar-refractivity contribution is -0.384. The van der Waals surface area contributed by atoms with Crippen molar-refractivity contribution in [2.24, 2.45) is 0 Å². The number of nitrogens with zero attached hydrogens (tertiary/aromatic N) is 3. The Kier molecular flexibility index (Phi) is 3.79. The van der Waals surface area contributed by atoms with E-state index >= 15 is 0 Å². The molecular weight excluding hydrogens is 350 g/mol. The van der Waals surface area contributed by atoms with Crippen molar-refractivity contribution >= 4 is 22.3 Å². The third-order valence-corrected chi connectivity index (χ3v) is 5.27. The van der Waals surface area contributed by atoms with Gasteiger partial charge in [-0.25, -0.2) is 4.98 Å². The molecule has 0 saturated heterocycles. The number of para-hydroxylation sites is 2. The zero-order chi connectivity index (χ0) is 19.1. The first-order chi connectivity index (χ1) is 13.7. The highest BCUT2D eigenvalue weighted by molar-refractivity contribution is 5.85. The molecule has 3 aromatic carbocycles. The second kappa shape index (κ2) is 6.46. The summed E-state index contributed by atoms with van der Waals surface area (Å²) in [5, 5.41) is 11.0. The van der Waals surface area contributed by atoms with E-state index in [1.807, 2.05) is 48.5 Å². The Labute approximate surface area is 161 Å². The molecule has 0 N–H and O–H groups in total. The van der Waals surface area contributed by atoms with E-state index in [0.29, 0.717) is 0 Å². The Bertz CT molecular complexity index is 1210. The van der Waals surface area contributed by atoms with Crippen molar-refractivity contribution in [3.63, 3.8) is 0 Å². The summed E-state index contributed by atoms with van der Waals surface area (Å²) in [5.41, 5.74) is 5.43. The van der Waals surface area contributed by atoms with Crippen LogP contribution in [0.15, 0.2) is 84.9 Å². The Hall–Kier alpha value is -3.73. The minimum Gasteiger partial charge on any atom is -0.316 e. The van der Waals surface area contributed by atoms with E-state index in [1.165, 1.54) is 0 Å². The zero-order valence-electron chi connectivity index (χ0n) is 15.0. The zero-order valence-corrected chi connectivity index (χ0v) is 15.0. The fourth-order valence-corrected chi connectivity index (χ4v) is 3.94. The van der Waals surface area contributed by atoms with E-state index in [0.717, 1.165) is 40.0 Å². The smallest absolute Gasteiger partial charge is 0.269 e. The lowest BCUT2D eigenvalue weighted by Crippen LogP contribution is -2.17. The van der Waals surface area contributed by atoms with Crippen LogP contribution in [-0.4, -0.2) is 14.5 Å². The largest absolute Gasteiger partial charge is 0.316 e. The predicted molar refractivity (Wildman–Crippen MR) is 109 cm³/mol. The van der Waals surface area contributed by atoms with Gasteiger partial charge < -0.3 is 4.57 Å². The van der Waals surface area contributed by atoms with Crippen LogP contribution >= 0.6 is 0 Å². The van der Waals surface area contributed by atoms with Crippen molar-refractivity contribution < 1.29 is 4.92 Å². The van der Waals surface area contributed by atoms with Crippen molar-refractivity contribution in [3.8, 4) is 0 Å².